The summed E-state index contributed by atoms with van der Waals surface area (Å²) in [5, 5.41) is 3.41. The maximum Gasteiger partial charge on any atom is 0.332 e. The zero-order valence-corrected chi connectivity index (χ0v) is 17.5. The Kier molecular flexibility index (Phi) is 5.02. The number of anilines is 1. The summed E-state index contributed by atoms with van der Waals surface area (Å²) in [6, 6.07) is 2.89. The van der Waals surface area contributed by atoms with E-state index in [4.69, 9.17) is 5.73 Å². The number of nitrogens with two attached hydrogens (primary N) is 1. The van der Waals surface area contributed by atoms with Crippen molar-refractivity contribution >= 4 is 39.2 Å². The van der Waals surface area contributed by atoms with Gasteiger partial charge in [0.15, 0.2) is 0 Å². The average molecular weight is 427 g/mol. The fourth-order valence-corrected chi connectivity index (χ4v) is 5.13. The van der Waals surface area contributed by atoms with Crippen molar-refractivity contribution in [3.8, 4) is 0 Å². The van der Waals surface area contributed by atoms with E-state index in [0.717, 1.165) is 47.1 Å². The first-order valence-electron chi connectivity index (χ1n) is 9.62. The molecule has 0 bridgehead atoms. The number of carbonyl (C=O) groups is 2. The molecule has 0 aromatic carbocycles. The summed E-state index contributed by atoms with van der Waals surface area (Å²) in [6.45, 7) is 0. The highest BCUT2D eigenvalue weighted by atomic mass is 32.1. The van der Waals surface area contributed by atoms with Crippen LogP contribution in [0.2, 0.25) is 0 Å². The van der Waals surface area contributed by atoms with Crippen LogP contribution >= 0.6 is 11.3 Å². The zero-order chi connectivity index (χ0) is 21.6. The van der Waals surface area contributed by atoms with Crippen LogP contribution in [0, 0.1) is 0 Å². The molecule has 30 heavy (non-hydrogen) atoms. The van der Waals surface area contributed by atoms with Gasteiger partial charge in [-0.1, -0.05) is 6.42 Å². The van der Waals surface area contributed by atoms with Crippen LogP contribution in [0.15, 0.2) is 21.7 Å². The Hall–Kier alpha value is -3.27. The van der Waals surface area contributed by atoms with E-state index in [-0.39, 0.29) is 16.7 Å². The summed E-state index contributed by atoms with van der Waals surface area (Å²) in [6.07, 6.45) is 4.73. The molecule has 0 radical (unpaired) electrons. The number of hydrogen-bond donors (Lipinski definition) is 2. The molecule has 9 nitrogen and oxygen atoms in total. The predicted molar refractivity (Wildman–Crippen MR) is 114 cm³/mol. The first-order chi connectivity index (χ1) is 14.3. The summed E-state index contributed by atoms with van der Waals surface area (Å²) in [7, 11) is 2.87. The quantitative estimate of drug-likeness (QED) is 0.609. The molecule has 0 aliphatic heterocycles. The standard InChI is InChI=1S/C20H21N5O4S/c1-24-16-11(19(28)25(2)20(24)29)8-9-12(22-16)17(27)23-18-14(15(21)26)10-6-4-3-5-7-13(10)30-18/h8-9H,3-7H2,1-2H3,(H2,21,26)(H,23,27). The Labute approximate surface area is 175 Å². The number of aromatic nitrogens is 3. The molecule has 0 saturated heterocycles. The molecule has 0 spiro atoms. The van der Waals surface area contributed by atoms with Crippen LogP contribution in [-0.4, -0.2) is 25.9 Å². The second-order valence-electron chi connectivity index (χ2n) is 7.36. The zero-order valence-electron chi connectivity index (χ0n) is 16.7. The minimum atomic E-state index is -0.568. The third kappa shape index (κ3) is 3.22. The lowest BCUT2D eigenvalue weighted by Gasteiger charge is -2.09. The van der Waals surface area contributed by atoms with E-state index >= 15 is 0 Å². The van der Waals surface area contributed by atoms with Crippen molar-refractivity contribution in [2.24, 2.45) is 19.8 Å². The van der Waals surface area contributed by atoms with Crippen molar-refractivity contribution in [1.29, 1.82) is 0 Å². The maximum absolute atomic E-state index is 12.9. The predicted octanol–water partition coefficient (Wildman–Crippen LogP) is 1.31. The smallest absolute Gasteiger partial charge is 0.332 e. The summed E-state index contributed by atoms with van der Waals surface area (Å²) < 4.78 is 2.21. The third-order valence-electron chi connectivity index (χ3n) is 5.43. The van der Waals surface area contributed by atoms with E-state index in [9.17, 15) is 19.2 Å². The lowest BCUT2D eigenvalue weighted by molar-refractivity contribution is 0.100. The van der Waals surface area contributed by atoms with Gasteiger partial charge in [0.25, 0.3) is 17.4 Å². The molecule has 0 unspecified atom stereocenters. The Bertz CT molecular complexity index is 1320. The van der Waals surface area contributed by atoms with Crippen molar-refractivity contribution < 1.29 is 9.59 Å². The van der Waals surface area contributed by atoms with Gasteiger partial charge in [-0.05, 0) is 43.4 Å². The monoisotopic (exact) mass is 427 g/mol. The maximum atomic E-state index is 12.9. The number of amides is 2. The Balaban J connectivity index is 1.75. The SMILES string of the molecule is Cn1c(=O)c2ccc(C(=O)Nc3sc4c(c3C(N)=O)CCCCC4)nc2n(C)c1=O. The van der Waals surface area contributed by atoms with E-state index in [2.05, 4.69) is 10.3 Å². The van der Waals surface area contributed by atoms with Crippen molar-refractivity contribution in [3.63, 3.8) is 0 Å². The number of nitrogens with one attached hydrogen (secondary N) is 1. The summed E-state index contributed by atoms with van der Waals surface area (Å²) in [5.74, 6) is -1.11. The molecule has 156 valence electrons. The number of primary amides is 1. The van der Waals surface area contributed by atoms with Crippen LogP contribution < -0.4 is 22.3 Å². The molecule has 3 aromatic rings. The number of aryl methyl sites for hydroxylation is 2. The van der Waals surface area contributed by atoms with Crippen LogP contribution in [-0.2, 0) is 26.9 Å². The molecule has 4 rings (SSSR count). The highest BCUT2D eigenvalue weighted by Crippen LogP contribution is 2.37. The lowest BCUT2D eigenvalue weighted by Crippen LogP contribution is -2.37. The van der Waals surface area contributed by atoms with E-state index in [1.54, 1.807) is 0 Å². The highest BCUT2D eigenvalue weighted by Gasteiger charge is 2.25. The molecule has 3 heterocycles. The first kappa shape index (κ1) is 20.0. The molecule has 2 amide bonds. The number of fused-ring (bicyclic) bond motifs is 2. The van der Waals surface area contributed by atoms with Gasteiger partial charge in [-0.3, -0.25) is 23.5 Å². The third-order valence-corrected chi connectivity index (χ3v) is 6.64. The molecule has 1 aliphatic rings. The Morgan fingerprint density at radius 3 is 2.57 bits per heavy atom. The lowest BCUT2D eigenvalue weighted by atomic mass is 10.1. The van der Waals surface area contributed by atoms with Gasteiger partial charge in [0.1, 0.15) is 16.3 Å². The molecule has 10 heteroatoms. The number of thiophene rings is 1. The summed E-state index contributed by atoms with van der Waals surface area (Å²) in [5.41, 5.74) is 6.05. The van der Waals surface area contributed by atoms with Crippen LogP contribution in [0.25, 0.3) is 11.0 Å². The minimum Gasteiger partial charge on any atom is -0.365 e. The fraction of sp³-hybridized carbons (Fsp3) is 0.350. The fourth-order valence-electron chi connectivity index (χ4n) is 3.84. The van der Waals surface area contributed by atoms with Gasteiger partial charge in [0, 0.05) is 19.0 Å². The molecular weight excluding hydrogens is 406 g/mol. The van der Waals surface area contributed by atoms with Crippen molar-refractivity contribution in [2.75, 3.05) is 5.32 Å². The largest absolute Gasteiger partial charge is 0.365 e. The molecule has 1 aliphatic carbocycles. The normalized spacial score (nSPS) is 13.7. The second kappa shape index (κ2) is 7.52. The van der Waals surface area contributed by atoms with E-state index in [1.807, 2.05) is 0 Å². The van der Waals surface area contributed by atoms with Gasteiger partial charge in [-0.2, -0.15) is 0 Å². The van der Waals surface area contributed by atoms with Crippen LogP contribution in [0.1, 0.15) is 50.5 Å². The van der Waals surface area contributed by atoms with Gasteiger partial charge in [0.2, 0.25) is 0 Å². The molecule has 0 atom stereocenters. The van der Waals surface area contributed by atoms with Gasteiger partial charge < -0.3 is 11.1 Å². The van der Waals surface area contributed by atoms with Gasteiger partial charge >= 0.3 is 5.69 Å². The van der Waals surface area contributed by atoms with Gasteiger partial charge in [-0.25, -0.2) is 9.78 Å². The Morgan fingerprint density at radius 1 is 1.10 bits per heavy atom. The van der Waals surface area contributed by atoms with E-state index < -0.39 is 23.1 Å². The van der Waals surface area contributed by atoms with Crippen LogP contribution in [0.5, 0.6) is 0 Å². The van der Waals surface area contributed by atoms with E-state index in [1.165, 1.54) is 42.1 Å². The summed E-state index contributed by atoms with van der Waals surface area (Å²) in [4.78, 5) is 54.7. The molecule has 3 N–H and O–H groups in total. The van der Waals surface area contributed by atoms with Gasteiger partial charge in [-0.15, -0.1) is 11.3 Å². The summed E-state index contributed by atoms with van der Waals surface area (Å²) >= 11 is 1.37. The average Bonchev–Trinajstić information content (AvgIpc) is 2.90. The number of nitrogens with zero attached hydrogens (tertiary/aromatic N) is 3. The number of rotatable bonds is 3. The first-order valence-corrected chi connectivity index (χ1v) is 10.4. The van der Waals surface area contributed by atoms with Crippen molar-refractivity contribution in [2.45, 2.75) is 32.1 Å². The minimum absolute atomic E-state index is 0.0322. The number of hydrogen-bond acceptors (Lipinski definition) is 6. The number of carbonyl (C=O) groups excluding carboxylic acids is 2. The molecule has 0 fully saturated rings. The number of pyridine rings is 1. The van der Waals surface area contributed by atoms with Crippen LogP contribution in [0.4, 0.5) is 5.00 Å². The van der Waals surface area contributed by atoms with E-state index in [0.29, 0.717) is 10.6 Å². The topological polar surface area (TPSA) is 129 Å². The van der Waals surface area contributed by atoms with Crippen LogP contribution in [0.3, 0.4) is 0 Å². The van der Waals surface area contributed by atoms with Crippen molar-refractivity contribution in [1.82, 2.24) is 14.1 Å². The second-order valence-corrected chi connectivity index (χ2v) is 8.47. The molecular formula is C20H21N5O4S. The molecule has 3 aromatic heterocycles. The highest BCUT2D eigenvalue weighted by molar-refractivity contribution is 7.17. The molecule has 0 saturated carbocycles. The van der Waals surface area contributed by atoms with Gasteiger partial charge in [0.05, 0.1) is 10.9 Å². The Morgan fingerprint density at radius 2 is 1.83 bits per heavy atom. The van der Waals surface area contributed by atoms with Crippen molar-refractivity contribution in [3.05, 3.63) is 54.7 Å².